The fourth-order valence-corrected chi connectivity index (χ4v) is 1.12. The molecule has 0 atom stereocenters. The fourth-order valence-electron chi connectivity index (χ4n) is 1.12. The maximum Gasteiger partial charge on any atom is 0.337 e. The highest BCUT2D eigenvalue weighted by Gasteiger charge is 2.09. The Hall–Kier alpha value is -1.22. The lowest BCUT2D eigenvalue weighted by Crippen LogP contribution is -2.03. The van der Waals surface area contributed by atoms with E-state index >= 15 is 0 Å². The van der Waals surface area contributed by atoms with Crippen molar-refractivity contribution in [1.29, 1.82) is 0 Å². The van der Waals surface area contributed by atoms with Crippen LogP contribution in [-0.2, 0) is 0 Å². The van der Waals surface area contributed by atoms with Gasteiger partial charge in [0.1, 0.15) is 0 Å². The number of nitrogens with two attached hydrogens (primary N) is 1. The third kappa shape index (κ3) is 2.64. The summed E-state index contributed by atoms with van der Waals surface area (Å²) >= 11 is 0. The van der Waals surface area contributed by atoms with Gasteiger partial charge >= 0.3 is 5.97 Å². The van der Waals surface area contributed by atoms with Gasteiger partial charge in [0.25, 0.3) is 0 Å². The molecule has 0 aliphatic heterocycles. The van der Waals surface area contributed by atoms with E-state index in [0.29, 0.717) is 11.6 Å². The van der Waals surface area contributed by atoms with Crippen molar-refractivity contribution in [2.75, 3.05) is 5.73 Å². The molecule has 0 aliphatic carbocycles. The first-order valence-electron chi connectivity index (χ1n) is 4.15. The first kappa shape index (κ1) is 12.8. The fraction of sp³-hybridized carbons (Fsp3) is 0.300. The van der Waals surface area contributed by atoms with Gasteiger partial charge in [-0.2, -0.15) is 0 Å². The predicted molar refractivity (Wildman–Crippen MR) is 59.2 cm³/mol. The smallest absolute Gasteiger partial charge is 0.337 e. The van der Waals surface area contributed by atoms with Crippen molar-refractivity contribution in [3.63, 3.8) is 0 Å². The van der Waals surface area contributed by atoms with Crippen LogP contribution in [0.4, 0.5) is 5.69 Å². The molecule has 4 heteroatoms. The molecule has 0 unspecified atom stereocenters. The van der Waals surface area contributed by atoms with Crippen LogP contribution in [-0.4, -0.2) is 11.1 Å². The van der Waals surface area contributed by atoms with Crippen LogP contribution >= 0.6 is 12.4 Å². The second-order valence-electron chi connectivity index (χ2n) is 3.31. The number of halogens is 1. The Balaban J connectivity index is 0.00000169. The average molecular weight is 216 g/mol. The number of carboxylic acids is 1. The molecule has 3 nitrogen and oxygen atoms in total. The van der Waals surface area contributed by atoms with E-state index in [1.165, 1.54) is 0 Å². The van der Waals surface area contributed by atoms with Gasteiger partial charge in [0, 0.05) is 5.69 Å². The SMILES string of the molecule is CC(C)c1ccc(N)c(C(=O)O)c1.Cl. The van der Waals surface area contributed by atoms with E-state index in [1.54, 1.807) is 12.1 Å². The Morgan fingerprint density at radius 3 is 2.43 bits per heavy atom. The number of anilines is 1. The number of rotatable bonds is 2. The van der Waals surface area contributed by atoms with Gasteiger partial charge in [-0.1, -0.05) is 19.9 Å². The van der Waals surface area contributed by atoms with E-state index in [9.17, 15) is 4.79 Å². The second kappa shape index (κ2) is 4.86. The highest BCUT2D eigenvalue weighted by Crippen LogP contribution is 2.20. The molecular weight excluding hydrogens is 202 g/mol. The minimum atomic E-state index is -0.972. The molecule has 0 aromatic heterocycles. The molecule has 78 valence electrons. The molecule has 0 spiro atoms. The van der Waals surface area contributed by atoms with Gasteiger partial charge in [-0.25, -0.2) is 4.79 Å². The van der Waals surface area contributed by atoms with Crippen molar-refractivity contribution in [3.05, 3.63) is 29.3 Å². The molecule has 0 heterocycles. The lowest BCUT2D eigenvalue weighted by atomic mass is 10.00. The first-order valence-corrected chi connectivity index (χ1v) is 4.15. The lowest BCUT2D eigenvalue weighted by molar-refractivity contribution is 0.0698. The zero-order valence-corrected chi connectivity index (χ0v) is 8.97. The number of hydrogen-bond donors (Lipinski definition) is 2. The summed E-state index contributed by atoms with van der Waals surface area (Å²) in [4.78, 5) is 10.7. The molecule has 0 aliphatic rings. The van der Waals surface area contributed by atoms with Crippen LogP contribution in [0.15, 0.2) is 18.2 Å². The lowest BCUT2D eigenvalue weighted by Gasteiger charge is -2.07. The second-order valence-corrected chi connectivity index (χ2v) is 3.31. The Morgan fingerprint density at radius 1 is 1.43 bits per heavy atom. The normalized spacial score (nSPS) is 9.64. The highest BCUT2D eigenvalue weighted by atomic mass is 35.5. The number of carbonyl (C=O) groups is 1. The average Bonchev–Trinajstić information content (AvgIpc) is 2.04. The molecule has 1 aromatic carbocycles. The van der Waals surface area contributed by atoms with Gasteiger partial charge in [-0.15, -0.1) is 12.4 Å². The van der Waals surface area contributed by atoms with Crippen LogP contribution in [0, 0.1) is 0 Å². The molecule has 0 saturated heterocycles. The summed E-state index contributed by atoms with van der Waals surface area (Å²) < 4.78 is 0. The number of hydrogen-bond acceptors (Lipinski definition) is 2. The van der Waals surface area contributed by atoms with Gasteiger partial charge < -0.3 is 10.8 Å². The van der Waals surface area contributed by atoms with E-state index < -0.39 is 5.97 Å². The van der Waals surface area contributed by atoms with Gasteiger partial charge in [-0.3, -0.25) is 0 Å². The zero-order valence-electron chi connectivity index (χ0n) is 8.15. The largest absolute Gasteiger partial charge is 0.478 e. The maximum atomic E-state index is 10.7. The molecule has 3 N–H and O–H groups in total. The summed E-state index contributed by atoms with van der Waals surface area (Å²) in [6.45, 7) is 4.02. The molecule has 0 radical (unpaired) electrons. The van der Waals surface area contributed by atoms with Crippen molar-refractivity contribution >= 4 is 24.1 Å². The van der Waals surface area contributed by atoms with Gasteiger partial charge in [0.2, 0.25) is 0 Å². The van der Waals surface area contributed by atoms with Crippen molar-refractivity contribution in [2.45, 2.75) is 19.8 Å². The minimum absolute atomic E-state index is 0. The molecule has 14 heavy (non-hydrogen) atoms. The standard InChI is InChI=1S/C10H13NO2.ClH/c1-6(2)7-3-4-9(11)8(5-7)10(12)13;/h3-6H,11H2,1-2H3,(H,12,13);1H. The Labute approximate surface area is 89.3 Å². The number of nitrogen functional groups attached to an aromatic ring is 1. The third-order valence-electron chi connectivity index (χ3n) is 1.97. The molecule has 1 aromatic rings. The van der Waals surface area contributed by atoms with Crippen LogP contribution in [0.1, 0.15) is 35.7 Å². The van der Waals surface area contributed by atoms with Crippen LogP contribution < -0.4 is 5.73 Å². The topological polar surface area (TPSA) is 63.3 Å². The summed E-state index contributed by atoms with van der Waals surface area (Å²) in [5.41, 5.74) is 7.00. The van der Waals surface area contributed by atoms with Crippen molar-refractivity contribution in [1.82, 2.24) is 0 Å². The van der Waals surface area contributed by atoms with Crippen LogP contribution in [0.3, 0.4) is 0 Å². The molecule has 0 bridgehead atoms. The Bertz CT molecular complexity index is 337. The van der Waals surface area contributed by atoms with Crippen LogP contribution in [0.2, 0.25) is 0 Å². The number of aromatic carboxylic acids is 1. The summed E-state index contributed by atoms with van der Waals surface area (Å²) in [7, 11) is 0. The predicted octanol–water partition coefficient (Wildman–Crippen LogP) is 2.51. The van der Waals surface area contributed by atoms with E-state index in [2.05, 4.69) is 0 Å². The third-order valence-corrected chi connectivity index (χ3v) is 1.97. The zero-order chi connectivity index (χ0) is 10.0. The molecule has 0 saturated carbocycles. The molecule has 0 amide bonds. The quantitative estimate of drug-likeness (QED) is 0.746. The molecular formula is C10H14ClNO2. The minimum Gasteiger partial charge on any atom is -0.478 e. The van der Waals surface area contributed by atoms with E-state index in [0.717, 1.165) is 5.56 Å². The first-order chi connectivity index (χ1) is 6.02. The van der Waals surface area contributed by atoms with Crippen LogP contribution in [0.25, 0.3) is 0 Å². The van der Waals surface area contributed by atoms with Crippen molar-refractivity contribution in [3.8, 4) is 0 Å². The number of carboxylic acid groups (broad SMARTS) is 1. The van der Waals surface area contributed by atoms with Gasteiger partial charge in [0.15, 0.2) is 0 Å². The summed E-state index contributed by atoms with van der Waals surface area (Å²) in [6, 6.07) is 5.12. The Morgan fingerprint density at radius 2 is 2.00 bits per heavy atom. The highest BCUT2D eigenvalue weighted by molar-refractivity contribution is 5.93. The van der Waals surface area contributed by atoms with Crippen LogP contribution in [0.5, 0.6) is 0 Å². The maximum absolute atomic E-state index is 10.7. The monoisotopic (exact) mass is 215 g/mol. The molecule has 0 fully saturated rings. The summed E-state index contributed by atoms with van der Waals surface area (Å²) in [5.74, 6) is -0.654. The molecule has 1 rings (SSSR count). The van der Waals surface area contributed by atoms with Crippen molar-refractivity contribution < 1.29 is 9.90 Å². The number of benzene rings is 1. The van der Waals surface area contributed by atoms with Gasteiger partial charge in [0.05, 0.1) is 5.56 Å². The summed E-state index contributed by atoms with van der Waals surface area (Å²) in [6.07, 6.45) is 0. The van der Waals surface area contributed by atoms with E-state index in [4.69, 9.17) is 10.8 Å². The Kier molecular flexibility index (Phi) is 4.44. The van der Waals surface area contributed by atoms with E-state index in [1.807, 2.05) is 19.9 Å². The van der Waals surface area contributed by atoms with E-state index in [-0.39, 0.29) is 18.0 Å². The van der Waals surface area contributed by atoms with Gasteiger partial charge in [-0.05, 0) is 23.6 Å². The van der Waals surface area contributed by atoms with Crippen molar-refractivity contribution in [2.24, 2.45) is 0 Å². The summed E-state index contributed by atoms with van der Waals surface area (Å²) in [5, 5.41) is 8.79.